The van der Waals surface area contributed by atoms with Crippen molar-refractivity contribution >= 4 is 23.4 Å². The Balaban J connectivity index is 2.47. The second-order valence-electron chi connectivity index (χ2n) is 3.93. The second kappa shape index (κ2) is 4.23. The number of nitrogens with zero attached hydrogens (tertiary/aromatic N) is 1. The normalized spacial score (nSPS) is 15.8. The molecule has 1 atom stereocenters. The standard InChI is InChI=1S/C12H12N2O4/c1-6(18-2)10(15)14-11(16)7-4-3-5-8(13)9(7)12(14)17/h3-6H,13H2,1-2H3. The van der Waals surface area contributed by atoms with Gasteiger partial charge in [-0.2, -0.15) is 0 Å². The highest BCUT2D eigenvalue weighted by molar-refractivity contribution is 6.30. The van der Waals surface area contributed by atoms with Crippen molar-refractivity contribution in [2.75, 3.05) is 12.8 Å². The summed E-state index contributed by atoms with van der Waals surface area (Å²) in [7, 11) is 1.33. The molecule has 1 aliphatic heterocycles. The minimum Gasteiger partial charge on any atom is -0.398 e. The molecule has 3 amide bonds. The molecule has 0 saturated carbocycles. The van der Waals surface area contributed by atoms with Crippen molar-refractivity contribution in [1.29, 1.82) is 0 Å². The van der Waals surface area contributed by atoms with Crippen molar-refractivity contribution in [3.63, 3.8) is 0 Å². The minimum atomic E-state index is -0.867. The number of imide groups is 3. The van der Waals surface area contributed by atoms with Crippen LogP contribution in [0.3, 0.4) is 0 Å². The number of benzene rings is 1. The summed E-state index contributed by atoms with van der Waals surface area (Å²) in [6.45, 7) is 1.47. The van der Waals surface area contributed by atoms with E-state index >= 15 is 0 Å². The molecule has 1 unspecified atom stereocenters. The maximum Gasteiger partial charge on any atom is 0.270 e. The predicted octanol–water partition coefficient (Wildman–Crippen LogP) is 0.426. The van der Waals surface area contributed by atoms with Crippen molar-refractivity contribution < 1.29 is 19.1 Å². The van der Waals surface area contributed by atoms with Crippen LogP contribution in [0.25, 0.3) is 0 Å². The molecular weight excluding hydrogens is 236 g/mol. The summed E-state index contributed by atoms with van der Waals surface area (Å²) in [5.41, 5.74) is 6.07. The van der Waals surface area contributed by atoms with Crippen LogP contribution in [0.1, 0.15) is 27.6 Å². The Hall–Kier alpha value is -2.21. The average Bonchev–Trinajstić information content (AvgIpc) is 2.61. The number of ether oxygens (including phenoxy) is 1. The number of rotatable bonds is 2. The summed E-state index contributed by atoms with van der Waals surface area (Å²) in [5, 5.41) is 0. The van der Waals surface area contributed by atoms with Crippen molar-refractivity contribution in [2.45, 2.75) is 13.0 Å². The van der Waals surface area contributed by atoms with Gasteiger partial charge in [0, 0.05) is 12.8 Å². The maximum absolute atomic E-state index is 12.0. The molecule has 6 heteroatoms. The first-order valence-electron chi connectivity index (χ1n) is 5.33. The molecule has 0 saturated heterocycles. The first-order chi connectivity index (χ1) is 8.49. The highest BCUT2D eigenvalue weighted by Crippen LogP contribution is 2.28. The lowest BCUT2D eigenvalue weighted by Gasteiger charge is -2.15. The number of fused-ring (bicyclic) bond motifs is 1. The molecule has 1 heterocycles. The van der Waals surface area contributed by atoms with Gasteiger partial charge in [0.1, 0.15) is 6.10 Å². The summed E-state index contributed by atoms with van der Waals surface area (Å²) in [4.78, 5) is 36.5. The van der Waals surface area contributed by atoms with E-state index in [1.807, 2.05) is 0 Å². The van der Waals surface area contributed by atoms with E-state index in [4.69, 9.17) is 10.5 Å². The van der Waals surface area contributed by atoms with Gasteiger partial charge in [-0.1, -0.05) is 6.07 Å². The zero-order chi connectivity index (χ0) is 13.4. The number of carbonyl (C=O) groups is 3. The Labute approximate surface area is 103 Å². The Bertz CT molecular complexity index is 553. The Morgan fingerprint density at radius 1 is 1.33 bits per heavy atom. The van der Waals surface area contributed by atoms with Crippen LogP contribution in [-0.4, -0.2) is 35.8 Å². The van der Waals surface area contributed by atoms with Crippen molar-refractivity contribution in [1.82, 2.24) is 4.90 Å². The lowest BCUT2D eigenvalue weighted by molar-refractivity contribution is -0.135. The van der Waals surface area contributed by atoms with Gasteiger partial charge in [-0.3, -0.25) is 14.4 Å². The number of hydrogen-bond acceptors (Lipinski definition) is 5. The minimum absolute atomic E-state index is 0.0825. The number of carbonyl (C=O) groups excluding carboxylic acids is 3. The summed E-state index contributed by atoms with van der Waals surface area (Å²) in [5.74, 6) is -2.04. The predicted molar refractivity (Wildman–Crippen MR) is 62.8 cm³/mol. The monoisotopic (exact) mass is 248 g/mol. The molecule has 2 N–H and O–H groups in total. The number of nitrogen functional groups attached to an aromatic ring is 1. The van der Waals surface area contributed by atoms with Gasteiger partial charge < -0.3 is 10.5 Å². The van der Waals surface area contributed by atoms with Crippen LogP contribution in [0, 0.1) is 0 Å². The van der Waals surface area contributed by atoms with Gasteiger partial charge in [-0.15, -0.1) is 0 Å². The van der Waals surface area contributed by atoms with Crippen LogP contribution in [0.2, 0.25) is 0 Å². The lowest BCUT2D eigenvalue weighted by Crippen LogP contribution is -2.42. The van der Waals surface area contributed by atoms with E-state index in [1.165, 1.54) is 26.2 Å². The topological polar surface area (TPSA) is 89.7 Å². The maximum atomic E-state index is 12.0. The summed E-state index contributed by atoms with van der Waals surface area (Å²) < 4.78 is 4.82. The molecule has 0 fully saturated rings. The van der Waals surface area contributed by atoms with E-state index in [-0.39, 0.29) is 16.8 Å². The highest BCUT2D eigenvalue weighted by atomic mass is 16.5. The molecule has 94 valence electrons. The third-order valence-electron chi connectivity index (χ3n) is 2.87. The molecular formula is C12H12N2O4. The number of nitrogens with two attached hydrogens (primary N) is 1. The average molecular weight is 248 g/mol. The Morgan fingerprint density at radius 2 is 2.00 bits per heavy atom. The number of hydrogen-bond donors (Lipinski definition) is 1. The zero-order valence-electron chi connectivity index (χ0n) is 9.97. The molecule has 2 rings (SSSR count). The van der Waals surface area contributed by atoms with E-state index in [0.29, 0.717) is 4.90 Å². The van der Waals surface area contributed by atoms with Crippen molar-refractivity contribution in [3.05, 3.63) is 29.3 Å². The smallest absolute Gasteiger partial charge is 0.270 e. The summed E-state index contributed by atoms with van der Waals surface area (Å²) >= 11 is 0. The lowest BCUT2D eigenvalue weighted by atomic mass is 10.1. The van der Waals surface area contributed by atoms with Gasteiger partial charge in [0.2, 0.25) is 0 Å². The van der Waals surface area contributed by atoms with Crippen LogP contribution < -0.4 is 5.73 Å². The zero-order valence-corrected chi connectivity index (χ0v) is 9.97. The third-order valence-corrected chi connectivity index (χ3v) is 2.87. The van der Waals surface area contributed by atoms with Gasteiger partial charge in [0.05, 0.1) is 11.1 Å². The molecule has 0 spiro atoms. The van der Waals surface area contributed by atoms with Crippen LogP contribution in [0.4, 0.5) is 5.69 Å². The number of methoxy groups -OCH3 is 1. The SMILES string of the molecule is COC(C)C(=O)N1C(=O)c2cccc(N)c2C1=O. The van der Waals surface area contributed by atoms with Crippen LogP contribution in [-0.2, 0) is 9.53 Å². The number of anilines is 1. The molecule has 18 heavy (non-hydrogen) atoms. The van der Waals surface area contributed by atoms with Gasteiger partial charge in [-0.05, 0) is 19.1 Å². The van der Waals surface area contributed by atoms with E-state index in [2.05, 4.69) is 0 Å². The van der Waals surface area contributed by atoms with Crippen molar-refractivity contribution in [3.8, 4) is 0 Å². The Kier molecular flexibility index (Phi) is 2.88. The third kappa shape index (κ3) is 1.58. The molecule has 0 bridgehead atoms. The van der Waals surface area contributed by atoms with Crippen LogP contribution >= 0.6 is 0 Å². The fraction of sp³-hybridized carbons (Fsp3) is 0.250. The molecule has 1 aromatic carbocycles. The summed E-state index contributed by atoms with van der Waals surface area (Å²) in [6, 6.07) is 4.54. The Morgan fingerprint density at radius 3 is 2.56 bits per heavy atom. The van der Waals surface area contributed by atoms with Gasteiger partial charge in [-0.25, -0.2) is 4.90 Å². The molecule has 0 radical (unpaired) electrons. The fourth-order valence-corrected chi connectivity index (χ4v) is 1.79. The quantitative estimate of drug-likeness (QED) is 0.605. The second-order valence-corrected chi connectivity index (χ2v) is 3.93. The van der Waals surface area contributed by atoms with E-state index in [1.54, 1.807) is 6.07 Å². The van der Waals surface area contributed by atoms with Crippen LogP contribution in [0.5, 0.6) is 0 Å². The van der Waals surface area contributed by atoms with Gasteiger partial charge in [0.25, 0.3) is 17.7 Å². The largest absolute Gasteiger partial charge is 0.398 e. The first kappa shape index (κ1) is 12.3. The van der Waals surface area contributed by atoms with Crippen molar-refractivity contribution in [2.24, 2.45) is 0 Å². The molecule has 1 aliphatic rings. The van der Waals surface area contributed by atoms with Gasteiger partial charge >= 0.3 is 0 Å². The summed E-state index contributed by atoms with van der Waals surface area (Å²) in [6.07, 6.45) is -0.867. The van der Waals surface area contributed by atoms with E-state index in [9.17, 15) is 14.4 Å². The molecule has 6 nitrogen and oxygen atoms in total. The van der Waals surface area contributed by atoms with E-state index in [0.717, 1.165) is 0 Å². The molecule has 0 aromatic heterocycles. The molecule has 0 aliphatic carbocycles. The first-order valence-corrected chi connectivity index (χ1v) is 5.33. The van der Waals surface area contributed by atoms with E-state index < -0.39 is 23.8 Å². The highest BCUT2D eigenvalue weighted by Gasteiger charge is 2.42. The number of amides is 3. The van der Waals surface area contributed by atoms with Gasteiger partial charge in [0.15, 0.2) is 0 Å². The molecule has 1 aromatic rings. The van der Waals surface area contributed by atoms with Crippen LogP contribution in [0.15, 0.2) is 18.2 Å². The fourth-order valence-electron chi connectivity index (χ4n) is 1.79.